The first-order chi connectivity index (χ1) is 16.0. The highest BCUT2D eigenvalue weighted by Crippen LogP contribution is 2.30. The molecule has 1 atom stereocenters. The molecule has 0 aliphatic carbocycles. The molecule has 1 amide bonds. The minimum atomic E-state index is -0.672. The Morgan fingerprint density at radius 1 is 1.12 bits per heavy atom. The minimum absolute atomic E-state index is 0.219. The summed E-state index contributed by atoms with van der Waals surface area (Å²) in [6.07, 6.45) is 2.54. The molecule has 2 aromatic carbocycles. The number of benzene rings is 2. The zero-order valence-corrected chi connectivity index (χ0v) is 18.6. The Bertz CT molecular complexity index is 1240. The summed E-state index contributed by atoms with van der Waals surface area (Å²) in [5.74, 6) is 1.50. The molecule has 2 heterocycles. The van der Waals surface area contributed by atoms with E-state index in [1.807, 2.05) is 49.4 Å². The number of aromatic nitrogens is 3. The number of amides is 1. The number of para-hydroxylation sites is 2. The minimum Gasteiger partial charge on any atom is -0.493 e. The van der Waals surface area contributed by atoms with Crippen LogP contribution < -0.4 is 14.8 Å². The number of methoxy groups -OCH3 is 1. The van der Waals surface area contributed by atoms with Crippen LogP contribution in [0, 0.1) is 6.92 Å². The predicted octanol–water partition coefficient (Wildman–Crippen LogP) is 4.20. The number of rotatable bonds is 8. The molecule has 168 valence electrons. The van der Waals surface area contributed by atoms with Crippen molar-refractivity contribution in [2.24, 2.45) is 0 Å². The van der Waals surface area contributed by atoms with Crippen molar-refractivity contribution in [2.45, 2.75) is 26.5 Å². The van der Waals surface area contributed by atoms with Gasteiger partial charge < -0.3 is 19.3 Å². The summed E-state index contributed by atoms with van der Waals surface area (Å²) in [5, 5.41) is 6.85. The molecule has 4 rings (SSSR count). The lowest BCUT2D eigenvalue weighted by Gasteiger charge is -2.16. The highest BCUT2D eigenvalue weighted by Gasteiger charge is 2.17. The third-order valence-electron chi connectivity index (χ3n) is 5.04. The zero-order valence-electron chi connectivity index (χ0n) is 18.6. The van der Waals surface area contributed by atoms with Crippen molar-refractivity contribution in [3.05, 3.63) is 78.4 Å². The van der Waals surface area contributed by atoms with E-state index in [0.29, 0.717) is 23.8 Å². The quantitative estimate of drug-likeness (QED) is 0.435. The number of hydrogen-bond acceptors (Lipinski definition) is 7. The van der Waals surface area contributed by atoms with Gasteiger partial charge in [0, 0.05) is 24.4 Å². The molecule has 0 unspecified atom stereocenters. The van der Waals surface area contributed by atoms with Crippen LogP contribution in [-0.2, 0) is 11.3 Å². The fourth-order valence-electron chi connectivity index (χ4n) is 3.30. The van der Waals surface area contributed by atoms with E-state index < -0.39 is 6.10 Å². The lowest BCUT2D eigenvalue weighted by Crippen LogP contribution is -2.35. The Morgan fingerprint density at radius 2 is 1.88 bits per heavy atom. The first-order valence-electron chi connectivity index (χ1n) is 10.5. The van der Waals surface area contributed by atoms with Crippen molar-refractivity contribution in [1.82, 2.24) is 20.4 Å². The molecule has 0 saturated heterocycles. The molecule has 4 aromatic rings. The molecule has 0 bridgehead atoms. The van der Waals surface area contributed by atoms with Gasteiger partial charge in [-0.15, -0.1) is 0 Å². The van der Waals surface area contributed by atoms with E-state index in [2.05, 4.69) is 20.4 Å². The summed E-state index contributed by atoms with van der Waals surface area (Å²) in [6, 6.07) is 16.9. The highest BCUT2D eigenvalue weighted by atomic mass is 16.5. The Labute approximate surface area is 191 Å². The highest BCUT2D eigenvalue weighted by molar-refractivity contribution is 5.81. The fourth-order valence-corrected chi connectivity index (χ4v) is 3.30. The van der Waals surface area contributed by atoms with Crippen LogP contribution in [0.4, 0.5) is 0 Å². The van der Waals surface area contributed by atoms with Gasteiger partial charge in [-0.1, -0.05) is 41.6 Å². The topological polar surface area (TPSA) is 99.4 Å². The number of carbonyl (C=O) groups excluding carboxylic acids is 1. The van der Waals surface area contributed by atoms with Crippen LogP contribution in [0.3, 0.4) is 0 Å². The summed E-state index contributed by atoms with van der Waals surface area (Å²) in [6.45, 7) is 3.94. The number of carbonyl (C=O) groups is 1. The van der Waals surface area contributed by atoms with E-state index in [1.165, 1.54) is 6.33 Å². The second-order valence-corrected chi connectivity index (χ2v) is 7.44. The summed E-state index contributed by atoms with van der Waals surface area (Å²) >= 11 is 0. The summed E-state index contributed by atoms with van der Waals surface area (Å²) < 4.78 is 16.4. The van der Waals surface area contributed by atoms with Gasteiger partial charge in [0.2, 0.25) is 0 Å². The summed E-state index contributed by atoms with van der Waals surface area (Å²) in [4.78, 5) is 21.0. The molecular formula is C25H24N4O4. The van der Waals surface area contributed by atoms with Crippen molar-refractivity contribution in [3.63, 3.8) is 0 Å². The molecule has 0 fully saturated rings. The number of ether oxygens (including phenoxy) is 2. The van der Waals surface area contributed by atoms with Crippen LogP contribution in [-0.4, -0.2) is 34.2 Å². The van der Waals surface area contributed by atoms with E-state index in [0.717, 1.165) is 28.1 Å². The molecule has 33 heavy (non-hydrogen) atoms. The Hall–Kier alpha value is -4.20. The van der Waals surface area contributed by atoms with E-state index in [9.17, 15) is 4.79 Å². The van der Waals surface area contributed by atoms with Gasteiger partial charge in [0.25, 0.3) is 5.91 Å². The number of nitrogens with one attached hydrogen (secondary N) is 1. The largest absolute Gasteiger partial charge is 0.493 e. The maximum Gasteiger partial charge on any atom is 0.261 e. The number of nitrogens with zero attached hydrogens (tertiary/aromatic N) is 3. The van der Waals surface area contributed by atoms with Crippen LogP contribution in [0.25, 0.3) is 22.6 Å². The van der Waals surface area contributed by atoms with Crippen molar-refractivity contribution in [2.75, 3.05) is 7.11 Å². The SMILES string of the molecule is COc1ccccc1O[C@@H](C)C(=O)NCc1ccc(-c2ncncc2-c2cc(C)no2)cc1. The molecule has 0 aliphatic heterocycles. The molecule has 0 saturated carbocycles. The van der Waals surface area contributed by atoms with Crippen LogP contribution in [0.15, 0.2) is 71.6 Å². The lowest BCUT2D eigenvalue weighted by atomic mass is 10.0. The van der Waals surface area contributed by atoms with E-state index in [1.54, 1.807) is 32.4 Å². The monoisotopic (exact) mass is 444 g/mol. The number of hydrogen-bond donors (Lipinski definition) is 1. The maximum atomic E-state index is 12.5. The van der Waals surface area contributed by atoms with E-state index in [4.69, 9.17) is 14.0 Å². The van der Waals surface area contributed by atoms with Gasteiger partial charge in [0.1, 0.15) is 6.33 Å². The normalized spacial score (nSPS) is 11.6. The second-order valence-electron chi connectivity index (χ2n) is 7.44. The number of aryl methyl sites for hydroxylation is 1. The van der Waals surface area contributed by atoms with Crippen LogP contribution >= 0.6 is 0 Å². The third-order valence-corrected chi connectivity index (χ3v) is 5.04. The van der Waals surface area contributed by atoms with Crippen LogP contribution in [0.5, 0.6) is 11.5 Å². The van der Waals surface area contributed by atoms with Crippen molar-refractivity contribution in [1.29, 1.82) is 0 Å². The maximum absolute atomic E-state index is 12.5. The van der Waals surface area contributed by atoms with E-state index >= 15 is 0 Å². The second kappa shape index (κ2) is 9.95. The molecule has 0 aliphatic rings. The Kier molecular flexibility index (Phi) is 6.64. The Balaban J connectivity index is 1.40. The van der Waals surface area contributed by atoms with Gasteiger partial charge in [0.05, 0.1) is 24.1 Å². The molecule has 1 N–H and O–H groups in total. The Morgan fingerprint density at radius 3 is 2.58 bits per heavy atom. The first kappa shape index (κ1) is 22.0. The molecule has 0 spiro atoms. The van der Waals surface area contributed by atoms with E-state index in [-0.39, 0.29) is 5.91 Å². The van der Waals surface area contributed by atoms with Crippen molar-refractivity contribution in [3.8, 4) is 34.1 Å². The van der Waals surface area contributed by atoms with Gasteiger partial charge in [-0.2, -0.15) is 0 Å². The van der Waals surface area contributed by atoms with Crippen molar-refractivity contribution < 1.29 is 18.8 Å². The fraction of sp³-hybridized carbons (Fsp3) is 0.200. The molecule has 8 heteroatoms. The zero-order chi connectivity index (χ0) is 23.2. The molecular weight excluding hydrogens is 420 g/mol. The average Bonchev–Trinajstić information content (AvgIpc) is 3.29. The predicted molar refractivity (Wildman–Crippen MR) is 123 cm³/mol. The lowest BCUT2D eigenvalue weighted by molar-refractivity contribution is -0.127. The van der Waals surface area contributed by atoms with Gasteiger partial charge in [0.15, 0.2) is 23.4 Å². The third kappa shape index (κ3) is 5.17. The van der Waals surface area contributed by atoms with Crippen LogP contribution in [0.2, 0.25) is 0 Å². The summed E-state index contributed by atoms with van der Waals surface area (Å²) in [7, 11) is 1.56. The van der Waals surface area contributed by atoms with Gasteiger partial charge in [-0.25, -0.2) is 9.97 Å². The average molecular weight is 444 g/mol. The van der Waals surface area contributed by atoms with Gasteiger partial charge >= 0.3 is 0 Å². The molecule has 0 radical (unpaired) electrons. The van der Waals surface area contributed by atoms with Gasteiger partial charge in [-0.3, -0.25) is 4.79 Å². The standard InChI is InChI=1S/C25H24N4O4/c1-16-12-23(33-29-16)20-14-26-15-28-24(20)19-10-8-18(9-11-19)13-27-25(30)17(2)32-22-7-5-4-6-21(22)31-3/h4-12,14-15,17H,13H2,1-3H3,(H,27,30)/t17-/m0/s1. The van der Waals surface area contributed by atoms with Crippen molar-refractivity contribution >= 4 is 5.91 Å². The molecule has 2 aromatic heterocycles. The smallest absolute Gasteiger partial charge is 0.261 e. The first-order valence-corrected chi connectivity index (χ1v) is 10.5. The van der Waals surface area contributed by atoms with Crippen LogP contribution in [0.1, 0.15) is 18.2 Å². The van der Waals surface area contributed by atoms with Gasteiger partial charge in [-0.05, 0) is 31.5 Å². The summed E-state index contributed by atoms with van der Waals surface area (Å²) in [5.41, 5.74) is 4.15. The molecule has 8 nitrogen and oxygen atoms in total.